The summed E-state index contributed by atoms with van der Waals surface area (Å²) in [6, 6.07) is 18.8. The van der Waals surface area contributed by atoms with Crippen molar-refractivity contribution in [2.45, 2.75) is 63.1 Å². The predicted molar refractivity (Wildman–Crippen MR) is 133 cm³/mol. The van der Waals surface area contributed by atoms with E-state index < -0.39 is 5.60 Å². The predicted octanol–water partition coefficient (Wildman–Crippen LogP) is 3.67. The molecule has 1 amide bonds. The van der Waals surface area contributed by atoms with Gasteiger partial charge in [-0.2, -0.15) is 0 Å². The van der Waals surface area contributed by atoms with Crippen LogP contribution in [0.5, 0.6) is 0 Å². The minimum Gasteiger partial charge on any atom is -0.387 e. The van der Waals surface area contributed by atoms with Crippen LogP contribution < -0.4 is 5.32 Å². The summed E-state index contributed by atoms with van der Waals surface area (Å²) in [4.78, 5) is 19.1. The fourth-order valence-electron chi connectivity index (χ4n) is 6.96. The zero-order chi connectivity index (χ0) is 23.5. The number of hydrogen-bond donors (Lipinski definition) is 3. The number of aromatic nitrogens is 1. The third-order valence-corrected chi connectivity index (χ3v) is 8.80. The number of H-pyrrole nitrogens is 1. The van der Waals surface area contributed by atoms with Gasteiger partial charge in [0.05, 0.1) is 5.60 Å². The summed E-state index contributed by atoms with van der Waals surface area (Å²) in [7, 11) is 0. The van der Waals surface area contributed by atoms with E-state index in [0.717, 1.165) is 48.2 Å². The fourth-order valence-corrected chi connectivity index (χ4v) is 6.96. The highest BCUT2D eigenvalue weighted by atomic mass is 16.3. The molecule has 5 heteroatoms. The minimum absolute atomic E-state index is 0.0305. The van der Waals surface area contributed by atoms with Crippen LogP contribution in [0.2, 0.25) is 0 Å². The molecule has 1 aromatic heterocycles. The molecule has 0 radical (unpaired) electrons. The van der Waals surface area contributed by atoms with E-state index in [2.05, 4.69) is 46.7 Å². The maximum atomic E-state index is 13.7. The van der Waals surface area contributed by atoms with Crippen LogP contribution in [-0.4, -0.2) is 45.6 Å². The molecule has 1 fully saturated rings. The average Bonchev–Trinajstić information content (AvgIpc) is 3.15. The van der Waals surface area contributed by atoms with Gasteiger partial charge in [0.2, 0.25) is 0 Å². The minimum atomic E-state index is -0.853. The molecule has 2 aromatic carbocycles. The second-order valence-corrected chi connectivity index (χ2v) is 10.4. The molecule has 0 unspecified atom stereocenters. The number of aromatic amines is 1. The number of nitrogens with one attached hydrogen (secondary N) is 2. The van der Waals surface area contributed by atoms with Crippen molar-refractivity contribution in [3.8, 4) is 0 Å². The largest absolute Gasteiger partial charge is 0.387 e. The molecule has 3 aromatic rings. The molecule has 3 N–H and O–H groups in total. The molecule has 1 saturated heterocycles. The van der Waals surface area contributed by atoms with Gasteiger partial charge < -0.3 is 20.3 Å². The highest BCUT2D eigenvalue weighted by Crippen LogP contribution is 2.55. The highest BCUT2D eigenvalue weighted by molar-refractivity contribution is 5.94. The zero-order valence-corrected chi connectivity index (χ0v) is 20.0. The van der Waals surface area contributed by atoms with Crippen LogP contribution in [0.25, 0.3) is 0 Å². The number of carbonyl (C=O) groups excluding carboxylic acids is 1. The summed E-state index contributed by atoms with van der Waals surface area (Å²) >= 11 is 0. The van der Waals surface area contributed by atoms with Crippen molar-refractivity contribution in [1.29, 1.82) is 0 Å². The molecule has 5 nitrogen and oxygen atoms in total. The molecule has 2 aliphatic carbocycles. The van der Waals surface area contributed by atoms with Crippen molar-refractivity contribution in [3.63, 3.8) is 0 Å². The summed E-state index contributed by atoms with van der Waals surface area (Å²) < 4.78 is 0. The summed E-state index contributed by atoms with van der Waals surface area (Å²) in [6.07, 6.45) is 3.06. The Balaban J connectivity index is 1.40. The normalized spacial score (nSPS) is 26.9. The van der Waals surface area contributed by atoms with Crippen molar-refractivity contribution in [2.75, 3.05) is 13.1 Å². The molecule has 3 atom stereocenters. The number of rotatable bonds is 4. The molecule has 34 heavy (non-hydrogen) atoms. The van der Waals surface area contributed by atoms with Crippen LogP contribution in [-0.2, 0) is 31.2 Å². The summed E-state index contributed by atoms with van der Waals surface area (Å²) in [5.41, 5.74) is 6.51. The number of aliphatic hydroxyl groups is 1. The number of nitrogens with zero attached hydrogens (tertiary/aromatic N) is 1. The van der Waals surface area contributed by atoms with Crippen LogP contribution in [0.1, 0.15) is 57.3 Å². The van der Waals surface area contributed by atoms with Gasteiger partial charge in [0.1, 0.15) is 5.69 Å². The van der Waals surface area contributed by atoms with Gasteiger partial charge >= 0.3 is 0 Å². The van der Waals surface area contributed by atoms with Crippen LogP contribution in [0.4, 0.5) is 0 Å². The molecular weight excluding hydrogens is 422 g/mol. The SMILES string of the molecule is CCN(Cc1ccccc1)C(=O)c1[nH]c2c(c1C)C[C@@]1(O)[C@H]3Cc4ccccc4[C@@]1(CCN3)C2. The fraction of sp³-hybridized carbons (Fsp3) is 0.414. The third kappa shape index (κ3) is 2.96. The van der Waals surface area contributed by atoms with Crippen LogP contribution in [0.3, 0.4) is 0 Å². The van der Waals surface area contributed by atoms with Gasteiger partial charge in [-0.05, 0) is 61.1 Å². The summed E-state index contributed by atoms with van der Waals surface area (Å²) in [6.45, 7) is 6.21. The number of hydrogen-bond acceptors (Lipinski definition) is 3. The molecule has 1 aliphatic heterocycles. The maximum Gasteiger partial charge on any atom is 0.270 e. The molecule has 3 aliphatic rings. The second-order valence-electron chi connectivity index (χ2n) is 10.4. The van der Waals surface area contributed by atoms with Gasteiger partial charge in [0.15, 0.2) is 0 Å². The Morgan fingerprint density at radius 3 is 2.68 bits per heavy atom. The van der Waals surface area contributed by atoms with E-state index in [-0.39, 0.29) is 17.4 Å². The van der Waals surface area contributed by atoms with Gasteiger partial charge in [-0.3, -0.25) is 4.79 Å². The monoisotopic (exact) mass is 455 g/mol. The quantitative estimate of drug-likeness (QED) is 0.562. The Hall–Kier alpha value is -2.89. The standard InChI is InChI=1S/C29H33N3O2/c1-3-32(18-20-9-5-4-6-10-20)27(33)26-19(2)22-16-29(34)25-15-21-11-7-8-12-23(21)28(29,13-14-30-25)17-24(22)31-26/h4-12,25,30-31,34H,3,13-18H2,1-2H3/t25-,28-,29-/m1/s1. The van der Waals surface area contributed by atoms with E-state index in [4.69, 9.17) is 0 Å². The van der Waals surface area contributed by atoms with E-state index in [0.29, 0.717) is 25.2 Å². The third-order valence-electron chi connectivity index (χ3n) is 8.80. The molecular formula is C29H33N3O2. The first-order valence-corrected chi connectivity index (χ1v) is 12.5. The lowest BCUT2D eigenvalue weighted by Gasteiger charge is -2.60. The van der Waals surface area contributed by atoms with E-state index in [1.807, 2.05) is 36.9 Å². The van der Waals surface area contributed by atoms with Gasteiger partial charge in [-0.1, -0.05) is 54.6 Å². The van der Waals surface area contributed by atoms with Crippen LogP contribution in [0.15, 0.2) is 54.6 Å². The number of fused-ring (bicyclic) bond motifs is 2. The van der Waals surface area contributed by atoms with Gasteiger partial charge in [0, 0.05) is 43.1 Å². The Bertz CT molecular complexity index is 1250. The van der Waals surface area contributed by atoms with Crippen molar-refractivity contribution in [1.82, 2.24) is 15.2 Å². The van der Waals surface area contributed by atoms with Crippen LogP contribution in [0, 0.1) is 6.92 Å². The smallest absolute Gasteiger partial charge is 0.270 e. The van der Waals surface area contributed by atoms with Gasteiger partial charge in [-0.25, -0.2) is 0 Å². The number of carbonyl (C=O) groups is 1. The molecule has 176 valence electrons. The molecule has 0 saturated carbocycles. The first-order valence-electron chi connectivity index (χ1n) is 12.5. The Labute approximate surface area is 201 Å². The number of amides is 1. The molecule has 2 bridgehead atoms. The van der Waals surface area contributed by atoms with E-state index in [1.54, 1.807) is 0 Å². The molecule has 6 rings (SSSR count). The van der Waals surface area contributed by atoms with Crippen LogP contribution >= 0.6 is 0 Å². The lowest BCUT2D eigenvalue weighted by molar-refractivity contribution is -0.106. The Kier molecular flexibility index (Phi) is 4.98. The number of benzene rings is 2. The average molecular weight is 456 g/mol. The lowest BCUT2D eigenvalue weighted by atomic mass is 9.50. The summed E-state index contributed by atoms with van der Waals surface area (Å²) in [5.74, 6) is 0.0345. The van der Waals surface area contributed by atoms with Crippen molar-refractivity contribution in [3.05, 3.63) is 93.8 Å². The topological polar surface area (TPSA) is 68.4 Å². The van der Waals surface area contributed by atoms with Crippen molar-refractivity contribution < 1.29 is 9.90 Å². The van der Waals surface area contributed by atoms with Gasteiger partial charge in [-0.15, -0.1) is 0 Å². The van der Waals surface area contributed by atoms with E-state index in [9.17, 15) is 9.90 Å². The lowest BCUT2D eigenvalue weighted by Crippen LogP contribution is -2.73. The summed E-state index contributed by atoms with van der Waals surface area (Å²) in [5, 5.41) is 15.9. The van der Waals surface area contributed by atoms with E-state index >= 15 is 0 Å². The van der Waals surface area contributed by atoms with Crippen molar-refractivity contribution in [2.24, 2.45) is 0 Å². The Morgan fingerprint density at radius 1 is 1.12 bits per heavy atom. The zero-order valence-electron chi connectivity index (χ0n) is 20.0. The first kappa shape index (κ1) is 21.6. The van der Waals surface area contributed by atoms with E-state index in [1.165, 1.54) is 11.1 Å². The van der Waals surface area contributed by atoms with Gasteiger partial charge in [0.25, 0.3) is 5.91 Å². The second kappa shape index (κ2) is 7.82. The molecule has 2 heterocycles. The molecule has 0 spiro atoms. The van der Waals surface area contributed by atoms with Crippen molar-refractivity contribution >= 4 is 5.91 Å². The Morgan fingerprint density at radius 2 is 1.88 bits per heavy atom. The first-order chi connectivity index (χ1) is 16.5. The highest BCUT2D eigenvalue weighted by Gasteiger charge is 2.63. The maximum absolute atomic E-state index is 13.7. The number of piperidine rings is 1.